The van der Waals surface area contributed by atoms with Crippen molar-refractivity contribution in [1.29, 1.82) is 0 Å². The Kier molecular flexibility index (Phi) is 5.21. The van der Waals surface area contributed by atoms with E-state index in [4.69, 9.17) is 16.0 Å². The first-order valence-corrected chi connectivity index (χ1v) is 8.62. The summed E-state index contributed by atoms with van der Waals surface area (Å²) in [6.45, 7) is 7.77. The Morgan fingerprint density at radius 2 is 1.88 bits per heavy atom. The van der Waals surface area contributed by atoms with E-state index in [0.717, 1.165) is 37.5 Å². The van der Waals surface area contributed by atoms with Gasteiger partial charge in [-0.25, -0.2) is 4.98 Å². The van der Waals surface area contributed by atoms with Crippen molar-refractivity contribution in [3.8, 4) is 11.3 Å². The fourth-order valence-corrected chi connectivity index (χ4v) is 2.94. The van der Waals surface area contributed by atoms with Crippen molar-refractivity contribution in [3.05, 3.63) is 41.4 Å². The van der Waals surface area contributed by atoms with Gasteiger partial charge in [0.25, 0.3) is 0 Å². The fourth-order valence-electron chi connectivity index (χ4n) is 2.81. The number of carbonyl (C=O) groups excluding carboxylic acids is 1. The van der Waals surface area contributed by atoms with Crippen LogP contribution in [0.4, 0.5) is 0 Å². The topological polar surface area (TPSA) is 49.6 Å². The number of nitrogens with zero attached hydrogens (tertiary/aromatic N) is 3. The Morgan fingerprint density at radius 1 is 1.21 bits per heavy atom. The van der Waals surface area contributed by atoms with E-state index >= 15 is 0 Å². The molecule has 0 bridgehead atoms. The minimum atomic E-state index is 0.0604. The molecular formula is C18H22ClN3O2. The van der Waals surface area contributed by atoms with Gasteiger partial charge in [0.15, 0.2) is 5.76 Å². The zero-order valence-corrected chi connectivity index (χ0v) is 14.8. The van der Waals surface area contributed by atoms with Crippen LogP contribution in [0.3, 0.4) is 0 Å². The standard InChI is InChI=1S/C18H22ClN3O2/c1-13(2)18(23)22-9-7-21(8-10-22)12-17-20-11-16(24-17)14-3-5-15(19)6-4-14/h3-6,11,13H,7-10,12H2,1-2H3. The highest BCUT2D eigenvalue weighted by Gasteiger charge is 2.23. The van der Waals surface area contributed by atoms with Gasteiger partial charge in [0.1, 0.15) is 0 Å². The lowest BCUT2D eigenvalue weighted by molar-refractivity contribution is -0.136. The third-order valence-electron chi connectivity index (χ3n) is 4.22. The van der Waals surface area contributed by atoms with Crippen LogP contribution in [0.15, 0.2) is 34.9 Å². The van der Waals surface area contributed by atoms with E-state index in [2.05, 4.69) is 9.88 Å². The van der Waals surface area contributed by atoms with Crippen LogP contribution in [-0.2, 0) is 11.3 Å². The third-order valence-corrected chi connectivity index (χ3v) is 4.47. The molecule has 0 radical (unpaired) electrons. The molecule has 1 saturated heterocycles. The normalized spacial score (nSPS) is 15.9. The average Bonchev–Trinajstić information content (AvgIpc) is 3.04. The van der Waals surface area contributed by atoms with Gasteiger partial charge in [-0.1, -0.05) is 25.4 Å². The van der Waals surface area contributed by atoms with Crippen LogP contribution in [0.25, 0.3) is 11.3 Å². The maximum Gasteiger partial charge on any atom is 0.225 e. The predicted molar refractivity (Wildman–Crippen MR) is 93.6 cm³/mol. The Labute approximate surface area is 147 Å². The number of halogens is 1. The molecule has 6 heteroatoms. The highest BCUT2D eigenvalue weighted by molar-refractivity contribution is 6.30. The summed E-state index contributed by atoms with van der Waals surface area (Å²) < 4.78 is 5.85. The van der Waals surface area contributed by atoms with Crippen LogP contribution >= 0.6 is 11.6 Å². The van der Waals surface area contributed by atoms with E-state index in [1.807, 2.05) is 43.0 Å². The predicted octanol–water partition coefficient (Wildman–Crippen LogP) is 3.30. The Morgan fingerprint density at radius 3 is 2.50 bits per heavy atom. The molecule has 0 saturated carbocycles. The average molecular weight is 348 g/mol. The SMILES string of the molecule is CC(C)C(=O)N1CCN(Cc2ncc(-c3ccc(Cl)cc3)o2)CC1. The second-order valence-corrected chi connectivity index (χ2v) is 6.82. The summed E-state index contributed by atoms with van der Waals surface area (Å²) in [5, 5.41) is 0.701. The quantitative estimate of drug-likeness (QED) is 0.851. The molecule has 1 aromatic heterocycles. The van der Waals surface area contributed by atoms with Crippen LogP contribution in [0.1, 0.15) is 19.7 Å². The van der Waals surface area contributed by atoms with Gasteiger partial charge in [-0.3, -0.25) is 9.69 Å². The second kappa shape index (κ2) is 7.36. The number of piperazine rings is 1. The fraction of sp³-hybridized carbons (Fsp3) is 0.444. The molecule has 0 atom stereocenters. The van der Waals surface area contributed by atoms with Gasteiger partial charge in [-0.2, -0.15) is 0 Å². The van der Waals surface area contributed by atoms with Gasteiger partial charge in [0.05, 0.1) is 12.7 Å². The first-order valence-electron chi connectivity index (χ1n) is 8.24. The molecular weight excluding hydrogens is 326 g/mol. The van der Waals surface area contributed by atoms with E-state index in [1.165, 1.54) is 0 Å². The lowest BCUT2D eigenvalue weighted by Gasteiger charge is -2.34. The first kappa shape index (κ1) is 17.0. The third kappa shape index (κ3) is 3.97. The minimum absolute atomic E-state index is 0.0604. The van der Waals surface area contributed by atoms with Gasteiger partial charge >= 0.3 is 0 Å². The molecule has 1 amide bonds. The number of hydrogen-bond donors (Lipinski definition) is 0. The first-order chi connectivity index (χ1) is 11.5. The highest BCUT2D eigenvalue weighted by atomic mass is 35.5. The molecule has 1 fully saturated rings. The molecule has 24 heavy (non-hydrogen) atoms. The molecule has 128 valence electrons. The number of benzene rings is 1. The number of oxazole rings is 1. The van der Waals surface area contributed by atoms with Crippen LogP contribution in [0, 0.1) is 5.92 Å². The number of hydrogen-bond acceptors (Lipinski definition) is 4. The maximum atomic E-state index is 12.0. The zero-order chi connectivity index (χ0) is 17.1. The molecule has 1 aromatic carbocycles. The van der Waals surface area contributed by atoms with Crippen molar-refractivity contribution < 1.29 is 9.21 Å². The number of amides is 1. The summed E-state index contributed by atoms with van der Waals surface area (Å²) in [5.74, 6) is 1.74. The lowest BCUT2D eigenvalue weighted by Crippen LogP contribution is -2.49. The summed E-state index contributed by atoms with van der Waals surface area (Å²) in [6, 6.07) is 7.51. The van der Waals surface area contributed by atoms with E-state index < -0.39 is 0 Å². The van der Waals surface area contributed by atoms with E-state index in [1.54, 1.807) is 6.20 Å². The summed E-state index contributed by atoms with van der Waals surface area (Å²) >= 11 is 5.91. The van der Waals surface area contributed by atoms with Crippen LogP contribution in [-0.4, -0.2) is 46.9 Å². The van der Waals surface area contributed by atoms with Gasteiger partial charge in [0, 0.05) is 42.7 Å². The van der Waals surface area contributed by atoms with E-state index in [9.17, 15) is 4.79 Å². The van der Waals surface area contributed by atoms with Crippen molar-refractivity contribution in [2.24, 2.45) is 5.92 Å². The molecule has 0 N–H and O–H groups in total. The second-order valence-electron chi connectivity index (χ2n) is 6.38. The lowest BCUT2D eigenvalue weighted by atomic mass is 10.1. The largest absolute Gasteiger partial charge is 0.439 e. The minimum Gasteiger partial charge on any atom is -0.439 e. The molecule has 3 rings (SSSR count). The Hall–Kier alpha value is -1.85. The summed E-state index contributed by atoms with van der Waals surface area (Å²) in [5.41, 5.74) is 0.963. The molecule has 5 nitrogen and oxygen atoms in total. The molecule has 0 unspecified atom stereocenters. The van der Waals surface area contributed by atoms with Gasteiger partial charge in [-0.05, 0) is 24.3 Å². The van der Waals surface area contributed by atoms with E-state index in [-0.39, 0.29) is 11.8 Å². The van der Waals surface area contributed by atoms with Crippen molar-refractivity contribution in [1.82, 2.24) is 14.8 Å². The zero-order valence-electron chi connectivity index (χ0n) is 14.0. The molecule has 0 aliphatic carbocycles. The van der Waals surface area contributed by atoms with Crippen molar-refractivity contribution >= 4 is 17.5 Å². The highest BCUT2D eigenvalue weighted by Crippen LogP contribution is 2.23. The van der Waals surface area contributed by atoms with Crippen LogP contribution < -0.4 is 0 Å². The van der Waals surface area contributed by atoms with E-state index in [0.29, 0.717) is 17.5 Å². The van der Waals surface area contributed by atoms with Crippen molar-refractivity contribution in [3.63, 3.8) is 0 Å². The van der Waals surface area contributed by atoms with Gasteiger partial charge < -0.3 is 9.32 Å². The number of aromatic nitrogens is 1. The summed E-state index contributed by atoms with van der Waals surface area (Å²) in [7, 11) is 0. The van der Waals surface area contributed by atoms with Crippen molar-refractivity contribution in [2.75, 3.05) is 26.2 Å². The summed E-state index contributed by atoms with van der Waals surface area (Å²) in [4.78, 5) is 20.6. The van der Waals surface area contributed by atoms with Gasteiger partial charge in [0.2, 0.25) is 11.8 Å². The molecule has 0 spiro atoms. The maximum absolute atomic E-state index is 12.0. The Bertz CT molecular complexity index is 689. The molecule has 1 aliphatic heterocycles. The van der Waals surface area contributed by atoms with Crippen LogP contribution in [0.2, 0.25) is 5.02 Å². The smallest absolute Gasteiger partial charge is 0.225 e. The monoisotopic (exact) mass is 347 g/mol. The van der Waals surface area contributed by atoms with Gasteiger partial charge in [-0.15, -0.1) is 0 Å². The molecule has 2 aromatic rings. The Balaban J connectivity index is 1.56. The number of rotatable bonds is 4. The van der Waals surface area contributed by atoms with Crippen LogP contribution in [0.5, 0.6) is 0 Å². The summed E-state index contributed by atoms with van der Waals surface area (Å²) in [6.07, 6.45) is 1.75. The number of carbonyl (C=O) groups is 1. The molecule has 2 heterocycles. The molecule has 1 aliphatic rings. The van der Waals surface area contributed by atoms with Crippen molar-refractivity contribution in [2.45, 2.75) is 20.4 Å².